The third kappa shape index (κ3) is 3.07. The SMILES string of the molecule is CC(C)(C)[S+]([O-])N1CC12CCC(c1ccnc3ccc(F)cc13)CC2. The number of rotatable bonds is 2. The molecule has 1 aromatic carbocycles. The Balaban J connectivity index is 1.51. The largest absolute Gasteiger partial charge is 0.597 e. The summed E-state index contributed by atoms with van der Waals surface area (Å²) in [7, 11) is 0. The van der Waals surface area contributed by atoms with Crippen LogP contribution >= 0.6 is 0 Å². The molecule has 2 fully saturated rings. The number of halogens is 1. The standard InChI is InChI=1S/C20H25FN2OS/c1-19(2,3)25(24)23-13-20(23)9-6-14(7-10-20)16-8-11-22-18-5-4-15(21)12-17(16)18/h4-5,8,11-12,14H,6-7,9-10,13H2,1-3H3. The maximum atomic E-state index is 13.7. The molecular formula is C20H25FN2OS. The van der Waals surface area contributed by atoms with E-state index in [2.05, 4.69) is 9.29 Å². The fraction of sp³-hybridized carbons (Fsp3) is 0.550. The van der Waals surface area contributed by atoms with Gasteiger partial charge in [-0.3, -0.25) is 4.98 Å². The second kappa shape index (κ2) is 5.93. The molecule has 25 heavy (non-hydrogen) atoms. The molecule has 2 unspecified atom stereocenters. The highest BCUT2D eigenvalue weighted by Gasteiger charge is 2.62. The highest BCUT2D eigenvalue weighted by Crippen LogP contribution is 2.52. The zero-order chi connectivity index (χ0) is 17.8. The van der Waals surface area contributed by atoms with Gasteiger partial charge in [0.05, 0.1) is 17.6 Å². The molecule has 3 nitrogen and oxygen atoms in total. The van der Waals surface area contributed by atoms with Crippen LogP contribution in [-0.4, -0.2) is 30.7 Å². The van der Waals surface area contributed by atoms with Crippen molar-refractivity contribution in [2.45, 2.75) is 62.7 Å². The predicted molar refractivity (Wildman–Crippen MR) is 100 cm³/mol. The van der Waals surface area contributed by atoms with Crippen LogP contribution in [-0.2, 0) is 11.4 Å². The lowest BCUT2D eigenvalue weighted by molar-refractivity contribution is 0.333. The minimum Gasteiger partial charge on any atom is -0.597 e. The molecule has 1 saturated carbocycles. The number of fused-ring (bicyclic) bond motifs is 1. The van der Waals surface area contributed by atoms with E-state index in [1.807, 2.05) is 33.0 Å². The lowest BCUT2D eigenvalue weighted by Crippen LogP contribution is -2.38. The summed E-state index contributed by atoms with van der Waals surface area (Å²) in [6.07, 6.45) is 6.09. The van der Waals surface area contributed by atoms with Gasteiger partial charge in [-0.15, -0.1) is 4.31 Å². The number of hydrogen-bond donors (Lipinski definition) is 0. The van der Waals surface area contributed by atoms with Gasteiger partial charge in [0.25, 0.3) is 0 Å². The van der Waals surface area contributed by atoms with Crippen molar-refractivity contribution >= 4 is 22.3 Å². The van der Waals surface area contributed by atoms with Gasteiger partial charge in [0.2, 0.25) is 0 Å². The van der Waals surface area contributed by atoms with Crippen LogP contribution in [0.4, 0.5) is 4.39 Å². The van der Waals surface area contributed by atoms with Crippen LogP contribution in [0.25, 0.3) is 10.9 Å². The van der Waals surface area contributed by atoms with Gasteiger partial charge in [-0.25, -0.2) is 4.39 Å². The Labute approximate surface area is 151 Å². The molecule has 1 aliphatic carbocycles. The predicted octanol–water partition coefficient (Wildman–Crippen LogP) is 4.55. The van der Waals surface area contributed by atoms with E-state index in [1.165, 1.54) is 11.6 Å². The molecule has 0 radical (unpaired) electrons. The number of hydrogen-bond acceptors (Lipinski definition) is 3. The van der Waals surface area contributed by atoms with Gasteiger partial charge in [0.1, 0.15) is 10.6 Å². The summed E-state index contributed by atoms with van der Waals surface area (Å²) < 4.78 is 28.3. The summed E-state index contributed by atoms with van der Waals surface area (Å²) in [5, 5.41) is 0.939. The van der Waals surface area contributed by atoms with Gasteiger partial charge in [-0.1, -0.05) is 0 Å². The maximum absolute atomic E-state index is 13.7. The Morgan fingerprint density at radius 1 is 1.24 bits per heavy atom. The summed E-state index contributed by atoms with van der Waals surface area (Å²) in [6, 6.07) is 6.88. The fourth-order valence-corrected chi connectivity index (χ4v) is 5.72. The van der Waals surface area contributed by atoms with Crippen molar-refractivity contribution in [3.63, 3.8) is 0 Å². The number of pyridine rings is 1. The Hall–Kier alpha value is -1.17. The average Bonchev–Trinajstić information content (AvgIpc) is 3.27. The summed E-state index contributed by atoms with van der Waals surface area (Å²) in [6.45, 7) is 7.07. The maximum Gasteiger partial charge on any atom is 0.137 e. The molecule has 2 heterocycles. The van der Waals surface area contributed by atoms with E-state index in [9.17, 15) is 8.94 Å². The first-order valence-corrected chi connectivity index (χ1v) is 10.1. The lowest BCUT2D eigenvalue weighted by atomic mass is 9.77. The van der Waals surface area contributed by atoms with Crippen LogP contribution in [0.3, 0.4) is 0 Å². The second-order valence-electron chi connectivity index (χ2n) is 8.46. The molecule has 4 rings (SSSR count). The van der Waals surface area contributed by atoms with Crippen molar-refractivity contribution in [3.8, 4) is 0 Å². The van der Waals surface area contributed by atoms with Gasteiger partial charge >= 0.3 is 0 Å². The Morgan fingerprint density at radius 3 is 2.64 bits per heavy atom. The lowest BCUT2D eigenvalue weighted by Gasteiger charge is -2.32. The molecule has 2 aromatic rings. The monoisotopic (exact) mass is 360 g/mol. The molecule has 0 bridgehead atoms. The van der Waals surface area contributed by atoms with E-state index in [1.54, 1.807) is 12.1 Å². The Morgan fingerprint density at radius 2 is 1.96 bits per heavy atom. The third-order valence-corrected chi connectivity index (χ3v) is 7.65. The van der Waals surface area contributed by atoms with Gasteiger partial charge in [-0.2, -0.15) is 0 Å². The second-order valence-corrected chi connectivity index (χ2v) is 10.6. The van der Waals surface area contributed by atoms with E-state index in [0.29, 0.717) is 5.92 Å². The first-order valence-electron chi connectivity index (χ1n) is 9.04. The van der Waals surface area contributed by atoms with Crippen LogP contribution in [0.5, 0.6) is 0 Å². The van der Waals surface area contributed by atoms with Crippen molar-refractivity contribution in [1.82, 2.24) is 9.29 Å². The summed E-state index contributed by atoms with van der Waals surface area (Å²) in [4.78, 5) is 4.37. The Bertz CT molecular complexity index is 796. The number of aromatic nitrogens is 1. The van der Waals surface area contributed by atoms with Crippen LogP contribution in [0.2, 0.25) is 0 Å². The quantitative estimate of drug-likeness (QED) is 0.583. The zero-order valence-electron chi connectivity index (χ0n) is 15.1. The molecule has 0 amide bonds. The minimum absolute atomic E-state index is 0.142. The van der Waals surface area contributed by atoms with Crippen molar-refractivity contribution in [3.05, 3.63) is 41.8 Å². The van der Waals surface area contributed by atoms with Crippen molar-refractivity contribution < 1.29 is 8.94 Å². The van der Waals surface area contributed by atoms with Crippen LogP contribution in [0.15, 0.2) is 30.5 Å². The molecule has 1 saturated heterocycles. The van der Waals surface area contributed by atoms with Crippen LogP contribution < -0.4 is 0 Å². The van der Waals surface area contributed by atoms with Gasteiger partial charge in [0.15, 0.2) is 0 Å². The van der Waals surface area contributed by atoms with Gasteiger partial charge in [-0.05, 0) is 82.2 Å². The van der Waals surface area contributed by atoms with Gasteiger partial charge in [0, 0.05) is 22.9 Å². The molecule has 5 heteroatoms. The molecular weight excluding hydrogens is 335 g/mol. The molecule has 1 spiro atoms. The molecule has 1 aromatic heterocycles. The molecule has 2 aliphatic rings. The van der Waals surface area contributed by atoms with E-state index in [-0.39, 0.29) is 16.1 Å². The Kier molecular flexibility index (Phi) is 4.09. The highest BCUT2D eigenvalue weighted by atomic mass is 32.2. The van der Waals surface area contributed by atoms with E-state index < -0.39 is 11.4 Å². The first kappa shape index (κ1) is 17.3. The third-order valence-electron chi connectivity index (χ3n) is 5.68. The average molecular weight is 360 g/mol. The van der Waals surface area contributed by atoms with Crippen molar-refractivity contribution in [1.29, 1.82) is 0 Å². The van der Waals surface area contributed by atoms with E-state index >= 15 is 0 Å². The minimum atomic E-state index is -0.922. The van der Waals surface area contributed by atoms with Crippen molar-refractivity contribution in [2.24, 2.45) is 0 Å². The van der Waals surface area contributed by atoms with E-state index in [4.69, 9.17) is 0 Å². The first-order chi connectivity index (χ1) is 11.8. The zero-order valence-corrected chi connectivity index (χ0v) is 15.9. The number of nitrogens with zero attached hydrogens (tertiary/aromatic N) is 2. The van der Waals surface area contributed by atoms with Crippen LogP contribution in [0, 0.1) is 5.82 Å². The molecule has 2 atom stereocenters. The molecule has 0 N–H and O–H groups in total. The summed E-state index contributed by atoms with van der Waals surface area (Å²) >= 11 is -0.922. The van der Waals surface area contributed by atoms with Crippen LogP contribution in [0.1, 0.15) is 57.9 Å². The molecule has 134 valence electrons. The van der Waals surface area contributed by atoms with Gasteiger partial charge < -0.3 is 4.55 Å². The topological polar surface area (TPSA) is 39.0 Å². The highest BCUT2D eigenvalue weighted by molar-refractivity contribution is 7.90. The summed E-state index contributed by atoms with van der Waals surface area (Å²) in [5.74, 6) is 0.228. The number of benzene rings is 1. The normalized spacial score (nSPS) is 30.6. The van der Waals surface area contributed by atoms with E-state index in [0.717, 1.165) is 43.1 Å². The molecule has 1 aliphatic heterocycles. The smallest absolute Gasteiger partial charge is 0.137 e. The fourth-order valence-electron chi connectivity index (χ4n) is 4.17. The summed E-state index contributed by atoms with van der Waals surface area (Å²) in [5.41, 5.74) is 2.22. The van der Waals surface area contributed by atoms with Crippen molar-refractivity contribution in [2.75, 3.05) is 6.54 Å².